The Morgan fingerprint density at radius 1 is 1.36 bits per heavy atom. The summed E-state index contributed by atoms with van der Waals surface area (Å²) in [5, 5.41) is -0.164. The van der Waals surface area contributed by atoms with Gasteiger partial charge in [0.05, 0.1) is 10.1 Å². The van der Waals surface area contributed by atoms with Gasteiger partial charge in [-0.1, -0.05) is 6.07 Å². The van der Waals surface area contributed by atoms with Crippen molar-refractivity contribution in [2.45, 2.75) is 29.9 Å². The number of nitrogens with two attached hydrogens (primary N) is 1. The maximum absolute atomic E-state index is 11.9. The third-order valence-electron chi connectivity index (χ3n) is 2.60. The van der Waals surface area contributed by atoms with Crippen LogP contribution in [0.5, 0.6) is 0 Å². The smallest absolute Gasteiger partial charge is 0.181 e. The van der Waals surface area contributed by atoms with Crippen molar-refractivity contribution in [1.29, 1.82) is 0 Å². The molecule has 2 N–H and O–H groups in total. The molecule has 2 rings (SSSR count). The van der Waals surface area contributed by atoms with E-state index in [1.54, 1.807) is 25.1 Å². The maximum atomic E-state index is 11.9. The summed E-state index contributed by atoms with van der Waals surface area (Å²) in [6.45, 7) is 1.75. The van der Waals surface area contributed by atoms with Crippen LogP contribution >= 0.6 is 0 Å². The molecule has 0 atom stereocenters. The minimum Gasteiger partial charge on any atom is -0.398 e. The number of anilines is 1. The fraction of sp³-hybridized carbons (Fsp3) is 0.400. The van der Waals surface area contributed by atoms with Gasteiger partial charge >= 0.3 is 0 Å². The number of rotatable bonds is 2. The largest absolute Gasteiger partial charge is 0.398 e. The highest BCUT2D eigenvalue weighted by Crippen LogP contribution is 2.35. The molecule has 0 heterocycles. The molecule has 0 saturated heterocycles. The number of hydrogen-bond donors (Lipinski definition) is 1. The Kier molecular flexibility index (Phi) is 2.03. The average molecular weight is 211 g/mol. The van der Waals surface area contributed by atoms with Crippen LogP contribution in [0.1, 0.15) is 18.4 Å². The van der Waals surface area contributed by atoms with Crippen LogP contribution in [-0.2, 0) is 9.84 Å². The van der Waals surface area contributed by atoms with Crippen molar-refractivity contribution in [2.24, 2.45) is 0 Å². The first-order valence-corrected chi connectivity index (χ1v) is 6.17. The van der Waals surface area contributed by atoms with Crippen LogP contribution in [0.2, 0.25) is 0 Å². The van der Waals surface area contributed by atoms with Crippen molar-refractivity contribution < 1.29 is 8.42 Å². The van der Waals surface area contributed by atoms with Crippen molar-refractivity contribution in [2.75, 3.05) is 5.73 Å². The molecule has 0 unspecified atom stereocenters. The van der Waals surface area contributed by atoms with Gasteiger partial charge in [0.15, 0.2) is 9.84 Å². The van der Waals surface area contributed by atoms with Gasteiger partial charge in [0.2, 0.25) is 0 Å². The second kappa shape index (κ2) is 2.98. The minimum atomic E-state index is -3.10. The predicted octanol–water partition coefficient (Wildman–Crippen LogP) is 1.51. The summed E-state index contributed by atoms with van der Waals surface area (Å²) in [6.07, 6.45) is 1.58. The quantitative estimate of drug-likeness (QED) is 0.754. The van der Waals surface area contributed by atoms with E-state index < -0.39 is 9.84 Å². The highest BCUT2D eigenvalue weighted by molar-refractivity contribution is 7.92. The lowest BCUT2D eigenvalue weighted by molar-refractivity contribution is 0.594. The molecule has 1 saturated carbocycles. The van der Waals surface area contributed by atoms with Gasteiger partial charge in [-0.15, -0.1) is 0 Å². The van der Waals surface area contributed by atoms with Crippen molar-refractivity contribution in [1.82, 2.24) is 0 Å². The summed E-state index contributed by atoms with van der Waals surface area (Å²) in [5.41, 5.74) is 6.90. The van der Waals surface area contributed by atoms with Crippen LogP contribution in [0.15, 0.2) is 23.1 Å². The van der Waals surface area contributed by atoms with E-state index >= 15 is 0 Å². The number of benzene rings is 1. The third kappa shape index (κ3) is 1.39. The molecule has 76 valence electrons. The van der Waals surface area contributed by atoms with Crippen LogP contribution in [0.3, 0.4) is 0 Å². The van der Waals surface area contributed by atoms with E-state index in [4.69, 9.17) is 5.73 Å². The lowest BCUT2D eigenvalue weighted by atomic mass is 10.2. The zero-order valence-corrected chi connectivity index (χ0v) is 8.84. The Bertz CT molecular complexity index is 461. The van der Waals surface area contributed by atoms with Gasteiger partial charge in [0.1, 0.15) is 0 Å². The summed E-state index contributed by atoms with van der Waals surface area (Å²) in [7, 11) is -3.10. The Morgan fingerprint density at radius 3 is 2.57 bits per heavy atom. The van der Waals surface area contributed by atoms with Crippen LogP contribution < -0.4 is 5.73 Å². The summed E-state index contributed by atoms with van der Waals surface area (Å²) in [6, 6.07) is 5.05. The first-order chi connectivity index (χ1) is 6.53. The van der Waals surface area contributed by atoms with Gasteiger partial charge in [0.25, 0.3) is 0 Å². The van der Waals surface area contributed by atoms with E-state index in [0.717, 1.165) is 12.8 Å². The monoisotopic (exact) mass is 211 g/mol. The molecule has 0 aromatic heterocycles. The van der Waals surface area contributed by atoms with E-state index in [1.165, 1.54) is 0 Å². The molecule has 0 aliphatic heterocycles. The second-order valence-electron chi connectivity index (χ2n) is 3.71. The van der Waals surface area contributed by atoms with Gasteiger partial charge in [-0.2, -0.15) is 0 Å². The molecule has 1 aliphatic carbocycles. The molecule has 1 aromatic rings. The summed E-state index contributed by atoms with van der Waals surface area (Å²) in [4.78, 5) is 0.403. The van der Waals surface area contributed by atoms with E-state index in [2.05, 4.69) is 0 Å². The van der Waals surface area contributed by atoms with E-state index in [9.17, 15) is 8.42 Å². The second-order valence-corrected chi connectivity index (χ2v) is 5.91. The van der Waals surface area contributed by atoms with Crippen molar-refractivity contribution >= 4 is 15.5 Å². The highest BCUT2D eigenvalue weighted by Gasteiger charge is 2.37. The molecule has 1 aliphatic rings. The lowest BCUT2D eigenvalue weighted by Crippen LogP contribution is -2.09. The van der Waals surface area contributed by atoms with Crippen molar-refractivity contribution in [3.05, 3.63) is 23.8 Å². The standard InChI is InChI=1S/C10H13NO2S/c1-7-9(11)3-2-4-10(7)14(12,13)8-5-6-8/h2-4,8H,5-6,11H2,1H3. The molecule has 0 radical (unpaired) electrons. The maximum Gasteiger partial charge on any atom is 0.181 e. The van der Waals surface area contributed by atoms with Crippen LogP contribution in [0.4, 0.5) is 5.69 Å². The molecule has 0 amide bonds. The van der Waals surface area contributed by atoms with Gasteiger partial charge in [-0.3, -0.25) is 0 Å². The lowest BCUT2D eigenvalue weighted by Gasteiger charge is -2.08. The molecule has 3 nitrogen and oxygen atoms in total. The third-order valence-corrected chi connectivity index (χ3v) is 5.00. The molecule has 4 heteroatoms. The van der Waals surface area contributed by atoms with Gasteiger partial charge in [-0.25, -0.2) is 8.42 Å². The zero-order valence-electron chi connectivity index (χ0n) is 8.03. The van der Waals surface area contributed by atoms with Crippen LogP contribution in [0.25, 0.3) is 0 Å². The summed E-state index contributed by atoms with van der Waals surface area (Å²) < 4.78 is 23.8. The fourth-order valence-electron chi connectivity index (χ4n) is 1.50. The highest BCUT2D eigenvalue weighted by atomic mass is 32.2. The average Bonchev–Trinajstić information content (AvgIpc) is 2.92. The minimum absolute atomic E-state index is 0.164. The first-order valence-electron chi connectivity index (χ1n) is 4.62. The SMILES string of the molecule is Cc1c(N)cccc1S(=O)(=O)C1CC1. The number of sulfone groups is 1. The molecule has 1 fully saturated rings. The van der Waals surface area contributed by atoms with E-state index in [1.807, 2.05) is 0 Å². The summed E-state index contributed by atoms with van der Waals surface area (Å²) in [5.74, 6) is 0. The van der Waals surface area contributed by atoms with E-state index in [-0.39, 0.29) is 5.25 Å². The molecular weight excluding hydrogens is 198 g/mol. The van der Waals surface area contributed by atoms with Crippen molar-refractivity contribution in [3.8, 4) is 0 Å². The van der Waals surface area contributed by atoms with Crippen LogP contribution in [-0.4, -0.2) is 13.7 Å². The molecular formula is C10H13NO2S. The first kappa shape index (κ1) is 9.52. The number of nitrogen functional groups attached to an aromatic ring is 1. The fourth-order valence-corrected chi connectivity index (χ4v) is 3.43. The molecule has 0 bridgehead atoms. The Hall–Kier alpha value is -1.03. The molecule has 0 spiro atoms. The predicted molar refractivity (Wildman–Crippen MR) is 55.8 cm³/mol. The van der Waals surface area contributed by atoms with Crippen LogP contribution in [0, 0.1) is 6.92 Å². The topological polar surface area (TPSA) is 60.2 Å². The van der Waals surface area contributed by atoms with Gasteiger partial charge in [0, 0.05) is 5.69 Å². The molecule has 14 heavy (non-hydrogen) atoms. The normalized spacial score (nSPS) is 16.9. The molecule has 1 aromatic carbocycles. The summed E-state index contributed by atoms with van der Waals surface area (Å²) >= 11 is 0. The Balaban J connectivity index is 2.56. The number of hydrogen-bond acceptors (Lipinski definition) is 3. The zero-order chi connectivity index (χ0) is 10.3. The Labute approximate surface area is 83.9 Å². The van der Waals surface area contributed by atoms with Gasteiger partial charge < -0.3 is 5.73 Å². The van der Waals surface area contributed by atoms with Gasteiger partial charge in [-0.05, 0) is 37.5 Å². The van der Waals surface area contributed by atoms with Crippen molar-refractivity contribution in [3.63, 3.8) is 0 Å². The Morgan fingerprint density at radius 2 is 2.00 bits per heavy atom. The van der Waals surface area contributed by atoms with E-state index in [0.29, 0.717) is 16.1 Å².